The minimum atomic E-state index is -0.721. The predicted octanol–water partition coefficient (Wildman–Crippen LogP) is 3.07. The maximum absolute atomic E-state index is 12.6. The van der Waals surface area contributed by atoms with E-state index in [1.807, 2.05) is 27.7 Å². The SMILES string of the molecule is COC(=O)C1CCC(B2OC(C)(C)C(C)(C)O2)=CN1C(=O)OC(C)(C)C. The molecule has 0 N–H and O–H groups in total. The third-order valence-electron chi connectivity index (χ3n) is 4.98. The number of carbonyl (C=O) groups is 2. The van der Waals surface area contributed by atoms with Crippen LogP contribution in [0.25, 0.3) is 0 Å². The lowest BCUT2D eigenvalue weighted by Crippen LogP contribution is -2.47. The van der Waals surface area contributed by atoms with Gasteiger partial charge in [0.25, 0.3) is 0 Å². The maximum atomic E-state index is 12.6. The van der Waals surface area contributed by atoms with Crippen molar-refractivity contribution in [2.24, 2.45) is 0 Å². The van der Waals surface area contributed by atoms with Gasteiger partial charge in [-0.3, -0.25) is 4.90 Å². The summed E-state index contributed by atoms with van der Waals surface area (Å²) in [5.74, 6) is -0.472. The van der Waals surface area contributed by atoms with Crippen molar-refractivity contribution < 1.29 is 28.4 Å². The van der Waals surface area contributed by atoms with E-state index in [1.165, 1.54) is 12.0 Å². The van der Waals surface area contributed by atoms with Crippen LogP contribution < -0.4 is 0 Å². The van der Waals surface area contributed by atoms with Gasteiger partial charge < -0.3 is 18.8 Å². The molecule has 1 unspecified atom stereocenters. The third-order valence-corrected chi connectivity index (χ3v) is 4.98. The van der Waals surface area contributed by atoms with Crippen molar-refractivity contribution in [3.05, 3.63) is 11.7 Å². The molecule has 0 aromatic carbocycles. The quantitative estimate of drug-likeness (QED) is 0.552. The normalized spacial score (nSPS) is 24.9. The topological polar surface area (TPSA) is 74.3 Å². The number of allylic oxidation sites excluding steroid dienone is 1. The second kappa shape index (κ2) is 6.89. The molecular weight excluding hydrogens is 337 g/mol. The standard InChI is InChI=1S/C18H30BNO6/c1-16(2,3)24-15(22)20-11-12(9-10-13(20)14(21)23-8)19-25-17(4,5)18(6,7)26-19/h11,13H,9-10H2,1-8H3. The van der Waals surface area contributed by atoms with E-state index in [0.29, 0.717) is 12.8 Å². The van der Waals surface area contributed by atoms with Crippen molar-refractivity contribution >= 4 is 19.2 Å². The van der Waals surface area contributed by atoms with Crippen molar-refractivity contribution in [3.63, 3.8) is 0 Å². The first-order valence-corrected chi connectivity index (χ1v) is 8.93. The van der Waals surface area contributed by atoms with Crippen LogP contribution in [0.4, 0.5) is 4.79 Å². The zero-order chi connectivity index (χ0) is 19.9. The van der Waals surface area contributed by atoms with E-state index in [2.05, 4.69) is 0 Å². The summed E-state index contributed by atoms with van der Waals surface area (Å²) >= 11 is 0. The Hall–Kier alpha value is -1.54. The van der Waals surface area contributed by atoms with E-state index in [4.69, 9.17) is 18.8 Å². The maximum Gasteiger partial charge on any atom is 0.492 e. The van der Waals surface area contributed by atoms with E-state index >= 15 is 0 Å². The van der Waals surface area contributed by atoms with Gasteiger partial charge in [-0.1, -0.05) is 0 Å². The minimum Gasteiger partial charge on any atom is -0.467 e. The molecule has 26 heavy (non-hydrogen) atoms. The van der Waals surface area contributed by atoms with Gasteiger partial charge in [-0.25, -0.2) is 9.59 Å². The van der Waals surface area contributed by atoms with E-state index in [1.54, 1.807) is 27.0 Å². The Labute approximate surface area is 156 Å². The second-order valence-electron chi connectivity index (χ2n) is 8.76. The van der Waals surface area contributed by atoms with Crippen LogP contribution in [0.5, 0.6) is 0 Å². The lowest BCUT2D eigenvalue weighted by atomic mass is 9.74. The number of esters is 1. The van der Waals surface area contributed by atoms with Gasteiger partial charge in [0.2, 0.25) is 0 Å². The van der Waals surface area contributed by atoms with Crippen LogP contribution in [0.2, 0.25) is 0 Å². The van der Waals surface area contributed by atoms with Crippen molar-refractivity contribution in [1.29, 1.82) is 0 Å². The van der Waals surface area contributed by atoms with E-state index < -0.39 is 42.0 Å². The fourth-order valence-electron chi connectivity index (χ4n) is 2.81. The number of amides is 1. The molecule has 0 saturated carbocycles. The summed E-state index contributed by atoms with van der Waals surface area (Å²) in [6.07, 6.45) is 2.00. The summed E-state index contributed by atoms with van der Waals surface area (Å²) in [6, 6.07) is -0.721. The fourth-order valence-corrected chi connectivity index (χ4v) is 2.81. The van der Waals surface area contributed by atoms with Crippen LogP contribution >= 0.6 is 0 Å². The monoisotopic (exact) mass is 367 g/mol. The third kappa shape index (κ3) is 4.23. The number of rotatable bonds is 2. The number of carbonyl (C=O) groups excluding carboxylic acids is 2. The molecule has 2 rings (SSSR count). The number of ether oxygens (including phenoxy) is 2. The molecule has 0 radical (unpaired) electrons. The zero-order valence-corrected chi connectivity index (χ0v) is 17.0. The first-order valence-electron chi connectivity index (χ1n) is 8.93. The summed E-state index contributed by atoms with van der Waals surface area (Å²) in [5.41, 5.74) is -0.828. The van der Waals surface area contributed by atoms with E-state index in [9.17, 15) is 9.59 Å². The van der Waals surface area contributed by atoms with Gasteiger partial charge in [-0.15, -0.1) is 0 Å². The molecule has 2 heterocycles. The van der Waals surface area contributed by atoms with Crippen LogP contribution in [-0.4, -0.2) is 54.0 Å². The van der Waals surface area contributed by atoms with Crippen LogP contribution in [-0.2, 0) is 23.6 Å². The molecule has 0 spiro atoms. The van der Waals surface area contributed by atoms with Gasteiger partial charge in [0.1, 0.15) is 11.6 Å². The summed E-state index contributed by atoms with van der Waals surface area (Å²) in [4.78, 5) is 26.0. The Kier molecular flexibility index (Phi) is 5.50. The van der Waals surface area contributed by atoms with Gasteiger partial charge in [-0.2, -0.15) is 0 Å². The molecule has 0 aromatic heterocycles. The number of nitrogens with zero attached hydrogens (tertiary/aromatic N) is 1. The summed E-state index contributed by atoms with van der Waals surface area (Å²) in [5, 5.41) is 0. The van der Waals surface area contributed by atoms with Crippen molar-refractivity contribution in [1.82, 2.24) is 4.90 Å². The van der Waals surface area contributed by atoms with Gasteiger partial charge in [-0.05, 0) is 66.8 Å². The van der Waals surface area contributed by atoms with Crippen molar-refractivity contribution in [3.8, 4) is 0 Å². The summed E-state index contributed by atoms with van der Waals surface area (Å²) in [6.45, 7) is 13.2. The molecule has 1 fully saturated rings. The van der Waals surface area contributed by atoms with Crippen LogP contribution in [0.3, 0.4) is 0 Å². The first kappa shape index (κ1) is 20.8. The van der Waals surface area contributed by atoms with Crippen molar-refractivity contribution in [2.75, 3.05) is 7.11 Å². The fraction of sp³-hybridized carbons (Fsp3) is 0.778. The van der Waals surface area contributed by atoms with Gasteiger partial charge in [0, 0.05) is 6.20 Å². The molecule has 2 aliphatic rings. The van der Waals surface area contributed by atoms with E-state index in [-0.39, 0.29) is 0 Å². The highest BCUT2D eigenvalue weighted by atomic mass is 16.7. The Morgan fingerprint density at radius 2 is 1.73 bits per heavy atom. The number of hydrogen-bond donors (Lipinski definition) is 0. The summed E-state index contributed by atoms with van der Waals surface area (Å²) in [7, 11) is 0.742. The van der Waals surface area contributed by atoms with Crippen molar-refractivity contribution in [2.45, 2.75) is 84.2 Å². The second-order valence-corrected chi connectivity index (χ2v) is 8.76. The molecule has 1 amide bonds. The molecule has 0 aliphatic carbocycles. The molecule has 7 nitrogen and oxygen atoms in total. The Morgan fingerprint density at radius 3 is 2.19 bits per heavy atom. The minimum absolute atomic E-state index is 0.418. The molecule has 0 bridgehead atoms. The molecule has 146 valence electrons. The molecule has 0 aromatic rings. The van der Waals surface area contributed by atoms with Crippen LogP contribution in [0.1, 0.15) is 61.3 Å². The van der Waals surface area contributed by atoms with E-state index in [0.717, 1.165) is 5.47 Å². The molecule has 1 saturated heterocycles. The zero-order valence-electron chi connectivity index (χ0n) is 17.0. The molecule has 1 atom stereocenters. The lowest BCUT2D eigenvalue weighted by molar-refractivity contribution is -0.146. The van der Waals surface area contributed by atoms with Crippen LogP contribution in [0, 0.1) is 0 Å². The molecule has 2 aliphatic heterocycles. The Morgan fingerprint density at radius 1 is 1.19 bits per heavy atom. The predicted molar refractivity (Wildman–Crippen MR) is 97.3 cm³/mol. The molecular formula is C18H30BNO6. The van der Waals surface area contributed by atoms with Crippen LogP contribution in [0.15, 0.2) is 11.7 Å². The smallest absolute Gasteiger partial charge is 0.467 e. The average molecular weight is 367 g/mol. The summed E-state index contributed by atoms with van der Waals surface area (Å²) < 4.78 is 22.4. The number of hydrogen-bond acceptors (Lipinski definition) is 6. The Balaban J connectivity index is 2.29. The average Bonchev–Trinajstić information content (AvgIpc) is 2.72. The molecule has 8 heteroatoms. The highest BCUT2D eigenvalue weighted by molar-refractivity contribution is 6.54. The lowest BCUT2D eigenvalue weighted by Gasteiger charge is -2.33. The van der Waals surface area contributed by atoms with Gasteiger partial charge in [0.05, 0.1) is 18.3 Å². The highest BCUT2D eigenvalue weighted by Gasteiger charge is 2.53. The van der Waals surface area contributed by atoms with Gasteiger partial charge >= 0.3 is 19.2 Å². The highest BCUT2D eigenvalue weighted by Crippen LogP contribution is 2.40. The Bertz CT molecular complexity index is 591. The number of methoxy groups -OCH3 is 1. The van der Waals surface area contributed by atoms with Gasteiger partial charge in [0.15, 0.2) is 0 Å². The largest absolute Gasteiger partial charge is 0.492 e. The first-order chi connectivity index (χ1) is 11.8.